The van der Waals surface area contributed by atoms with Crippen LogP contribution < -0.4 is 10.6 Å². The quantitative estimate of drug-likeness (QED) is 0.513. The van der Waals surface area contributed by atoms with Gasteiger partial charge in [-0.15, -0.1) is 0 Å². The van der Waals surface area contributed by atoms with Crippen molar-refractivity contribution in [2.24, 2.45) is 11.8 Å². The summed E-state index contributed by atoms with van der Waals surface area (Å²) in [4.78, 5) is 22.5. The molecule has 0 radical (unpaired) electrons. The van der Waals surface area contributed by atoms with Crippen LogP contribution in [0.1, 0.15) is 39.5 Å². The summed E-state index contributed by atoms with van der Waals surface area (Å²) >= 11 is 1.86. The van der Waals surface area contributed by atoms with Crippen molar-refractivity contribution in [3.05, 3.63) is 0 Å². The summed E-state index contributed by atoms with van der Waals surface area (Å²) in [6.07, 6.45) is 6.60. The Hall–Kier alpha value is -0.910. The molecular weight excluding hydrogens is 276 g/mol. The number of carbonyl (C=O) groups excluding carboxylic acids is 1. The maximum absolute atomic E-state index is 11.5. The van der Waals surface area contributed by atoms with Gasteiger partial charge in [-0.2, -0.15) is 11.8 Å². The van der Waals surface area contributed by atoms with Gasteiger partial charge < -0.3 is 15.7 Å². The zero-order valence-electron chi connectivity index (χ0n) is 12.8. The third kappa shape index (κ3) is 9.95. The molecule has 0 aliphatic rings. The number of nitrogens with one attached hydrogen (secondary N) is 2. The average molecular weight is 304 g/mol. The largest absolute Gasteiger partial charge is 0.481 e. The zero-order chi connectivity index (χ0) is 15.4. The van der Waals surface area contributed by atoms with Gasteiger partial charge in [0.25, 0.3) is 0 Å². The summed E-state index contributed by atoms with van der Waals surface area (Å²) in [5, 5.41) is 14.4. The molecule has 1 unspecified atom stereocenters. The molecule has 0 heterocycles. The van der Waals surface area contributed by atoms with Crippen LogP contribution >= 0.6 is 11.8 Å². The highest BCUT2D eigenvalue weighted by Gasteiger charge is 2.21. The number of thioether (sulfide) groups is 1. The second kappa shape index (κ2) is 11.9. The fourth-order valence-electron chi connectivity index (χ4n) is 1.80. The van der Waals surface area contributed by atoms with E-state index in [1.54, 1.807) is 0 Å². The Balaban J connectivity index is 3.61. The lowest BCUT2D eigenvalue weighted by Gasteiger charge is -2.16. The normalized spacial score (nSPS) is 12.2. The SMILES string of the molecule is CSCCCCCCNC(=O)NCC(C(=O)O)C(C)C. The third-order valence-electron chi connectivity index (χ3n) is 3.17. The van der Waals surface area contributed by atoms with Crippen LogP contribution in [0.25, 0.3) is 0 Å². The molecule has 6 heteroatoms. The summed E-state index contributed by atoms with van der Waals surface area (Å²) < 4.78 is 0. The first-order valence-electron chi connectivity index (χ1n) is 7.22. The van der Waals surface area contributed by atoms with Crippen LogP contribution in [0, 0.1) is 11.8 Å². The number of aliphatic carboxylic acids is 1. The summed E-state index contributed by atoms with van der Waals surface area (Å²) in [5.74, 6) is -0.203. The smallest absolute Gasteiger partial charge is 0.314 e. The Bertz CT molecular complexity index is 286. The van der Waals surface area contributed by atoms with Gasteiger partial charge in [0.2, 0.25) is 0 Å². The predicted octanol–water partition coefficient (Wildman–Crippen LogP) is 2.57. The molecule has 3 N–H and O–H groups in total. The van der Waals surface area contributed by atoms with Crippen molar-refractivity contribution in [2.75, 3.05) is 25.1 Å². The number of amides is 2. The first kappa shape index (κ1) is 19.1. The van der Waals surface area contributed by atoms with Crippen molar-refractivity contribution in [1.82, 2.24) is 10.6 Å². The van der Waals surface area contributed by atoms with Gasteiger partial charge in [-0.05, 0) is 30.8 Å². The van der Waals surface area contributed by atoms with E-state index in [0.717, 1.165) is 12.8 Å². The zero-order valence-corrected chi connectivity index (χ0v) is 13.6. The van der Waals surface area contributed by atoms with Gasteiger partial charge in [-0.3, -0.25) is 4.79 Å². The molecular formula is C14H28N2O3S. The third-order valence-corrected chi connectivity index (χ3v) is 3.86. The molecule has 0 rings (SSSR count). The Morgan fingerprint density at radius 1 is 1.10 bits per heavy atom. The molecule has 0 saturated heterocycles. The van der Waals surface area contributed by atoms with E-state index in [4.69, 9.17) is 5.11 Å². The minimum Gasteiger partial charge on any atom is -0.481 e. The summed E-state index contributed by atoms with van der Waals surface area (Å²) in [6.45, 7) is 4.50. The van der Waals surface area contributed by atoms with E-state index in [-0.39, 0.29) is 18.5 Å². The van der Waals surface area contributed by atoms with Crippen molar-refractivity contribution in [3.8, 4) is 0 Å². The van der Waals surface area contributed by atoms with Crippen LogP contribution in [0.5, 0.6) is 0 Å². The van der Waals surface area contributed by atoms with Crippen molar-refractivity contribution in [1.29, 1.82) is 0 Å². The minimum absolute atomic E-state index is 0.00392. The number of rotatable bonds is 11. The van der Waals surface area contributed by atoms with Crippen molar-refractivity contribution in [3.63, 3.8) is 0 Å². The summed E-state index contributed by atoms with van der Waals surface area (Å²) in [6, 6.07) is -0.277. The molecule has 118 valence electrons. The van der Waals surface area contributed by atoms with Gasteiger partial charge in [-0.25, -0.2) is 4.79 Å². The summed E-state index contributed by atoms with van der Waals surface area (Å²) in [5.41, 5.74) is 0. The number of urea groups is 1. The molecule has 0 aliphatic carbocycles. The van der Waals surface area contributed by atoms with E-state index in [1.165, 1.54) is 18.6 Å². The van der Waals surface area contributed by atoms with E-state index < -0.39 is 11.9 Å². The first-order chi connectivity index (χ1) is 9.49. The van der Waals surface area contributed by atoms with Crippen LogP contribution in [-0.4, -0.2) is 42.2 Å². The van der Waals surface area contributed by atoms with E-state index in [2.05, 4.69) is 16.9 Å². The molecule has 5 nitrogen and oxygen atoms in total. The second-order valence-electron chi connectivity index (χ2n) is 5.23. The number of carboxylic acid groups (broad SMARTS) is 1. The average Bonchev–Trinajstić information content (AvgIpc) is 2.37. The lowest BCUT2D eigenvalue weighted by Crippen LogP contribution is -2.41. The topological polar surface area (TPSA) is 78.4 Å². The maximum Gasteiger partial charge on any atom is 0.314 e. The minimum atomic E-state index is -0.867. The van der Waals surface area contributed by atoms with E-state index in [1.807, 2.05) is 25.6 Å². The van der Waals surface area contributed by atoms with Gasteiger partial charge in [0.1, 0.15) is 0 Å². The van der Waals surface area contributed by atoms with Gasteiger partial charge in [0, 0.05) is 13.1 Å². The van der Waals surface area contributed by atoms with Gasteiger partial charge in [-0.1, -0.05) is 26.7 Å². The molecule has 2 amide bonds. The first-order valence-corrected chi connectivity index (χ1v) is 8.61. The number of hydrogen-bond donors (Lipinski definition) is 3. The van der Waals surface area contributed by atoms with Crippen LogP contribution in [0.4, 0.5) is 4.79 Å². The maximum atomic E-state index is 11.5. The number of carbonyl (C=O) groups is 2. The summed E-state index contributed by atoms with van der Waals surface area (Å²) in [7, 11) is 0. The fourth-order valence-corrected chi connectivity index (χ4v) is 2.29. The van der Waals surface area contributed by atoms with Gasteiger partial charge in [0.15, 0.2) is 0 Å². The predicted molar refractivity (Wildman–Crippen MR) is 84.2 cm³/mol. The Labute approximate surface area is 126 Å². The lowest BCUT2D eigenvalue weighted by atomic mass is 9.96. The lowest BCUT2D eigenvalue weighted by molar-refractivity contribution is -0.142. The number of unbranched alkanes of at least 4 members (excludes halogenated alkanes) is 3. The highest BCUT2D eigenvalue weighted by molar-refractivity contribution is 7.98. The van der Waals surface area contributed by atoms with Gasteiger partial charge >= 0.3 is 12.0 Å². The molecule has 0 aromatic carbocycles. The van der Waals surface area contributed by atoms with Crippen LogP contribution in [0.2, 0.25) is 0 Å². The highest BCUT2D eigenvalue weighted by atomic mass is 32.2. The Morgan fingerprint density at radius 2 is 1.75 bits per heavy atom. The number of hydrogen-bond acceptors (Lipinski definition) is 3. The van der Waals surface area contributed by atoms with Crippen LogP contribution in [0.3, 0.4) is 0 Å². The molecule has 0 fully saturated rings. The Kier molecular flexibility index (Phi) is 11.3. The van der Waals surface area contributed by atoms with E-state index in [9.17, 15) is 9.59 Å². The molecule has 0 saturated carbocycles. The molecule has 0 aromatic heterocycles. The van der Waals surface area contributed by atoms with Crippen molar-refractivity contribution in [2.45, 2.75) is 39.5 Å². The van der Waals surface area contributed by atoms with Crippen LogP contribution in [0.15, 0.2) is 0 Å². The molecule has 0 spiro atoms. The molecule has 20 heavy (non-hydrogen) atoms. The van der Waals surface area contributed by atoms with Gasteiger partial charge in [0.05, 0.1) is 5.92 Å². The van der Waals surface area contributed by atoms with Crippen molar-refractivity contribution < 1.29 is 14.7 Å². The molecule has 0 aliphatic heterocycles. The molecule has 0 aromatic rings. The van der Waals surface area contributed by atoms with Crippen LogP contribution in [-0.2, 0) is 4.79 Å². The molecule has 1 atom stereocenters. The standard InChI is InChI=1S/C14H28N2O3S/c1-11(2)12(13(17)18)10-16-14(19)15-8-6-4-5-7-9-20-3/h11-12H,4-10H2,1-3H3,(H,17,18)(H2,15,16,19). The monoisotopic (exact) mass is 304 g/mol. The Morgan fingerprint density at radius 3 is 2.30 bits per heavy atom. The highest BCUT2D eigenvalue weighted by Crippen LogP contribution is 2.09. The molecule has 0 bridgehead atoms. The second-order valence-corrected chi connectivity index (χ2v) is 6.22. The van der Waals surface area contributed by atoms with E-state index >= 15 is 0 Å². The van der Waals surface area contributed by atoms with Crippen molar-refractivity contribution >= 4 is 23.8 Å². The number of carboxylic acids is 1. The fraction of sp³-hybridized carbons (Fsp3) is 0.857. The van der Waals surface area contributed by atoms with E-state index in [0.29, 0.717) is 6.54 Å².